The third kappa shape index (κ3) is 5.43. The SMILES string of the molecule is C=CC(=O)N1CCCC(N=C(C=O)C(=C(N)c2ccc3c(cnn3-c3ccccc3)c2)/C(N)=N\NC)C1. The minimum Gasteiger partial charge on any atom is -0.398 e. The highest BCUT2D eigenvalue weighted by Crippen LogP contribution is 2.24. The average Bonchev–Trinajstić information content (AvgIpc) is 3.36. The lowest BCUT2D eigenvalue weighted by Crippen LogP contribution is -2.41. The van der Waals surface area contributed by atoms with Gasteiger partial charge in [-0.1, -0.05) is 30.8 Å². The summed E-state index contributed by atoms with van der Waals surface area (Å²) in [5, 5.41) is 9.45. The first kappa shape index (κ1) is 25.4. The van der Waals surface area contributed by atoms with Crippen LogP contribution in [0.4, 0.5) is 0 Å². The van der Waals surface area contributed by atoms with Crippen LogP contribution in [-0.4, -0.2) is 64.6 Å². The van der Waals surface area contributed by atoms with Crippen LogP contribution in [0.1, 0.15) is 18.4 Å². The number of hydrazone groups is 1. The molecule has 1 unspecified atom stereocenters. The Kier molecular flexibility index (Phi) is 7.77. The first-order chi connectivity index (χ1) is 18.0. The molecule has 2 heterocycles. The number of carbonyl (C=O) groups is 2. The third-order valence-electron chi connectivity index (χ3n) is 6.21. The Morgan fingerprint density at radius 1 is 1.22 bits per heavy atom. The van der Waals surface area contributed by atoms with Crippen molar-refractivity contribution in [3.05, 3.63) is 78.5 Å². The molecule has 10 heteroatoms. The van der Waals surface area contributed by atoms with Gasteiger partial charge in [-0.25, -0.2) is 4.68 Å². The molecule has 1 amide bonds. The van der Waals surface area contributed by atoms with E-state index in [1.54, 1.807) is 18.1 Å². The van der Waals surface area contributed by atoms with Gasteiger partial charge in [-0.15, -0.1) is 0 Å². The smallest absolute Gasteiger partial charge is 0.246 e. The van der Waals surface area contributed by atoms with Crippen molar-refractivity contribution in [3.63, 3.8) is 0 Å². The Hall–Kier alpha value is -4.73. The molecule has 1 atom stereocenters. The minimum absolute atomic E-state index is 0.0285. The number of aliphatic imine (C=N–C) groups is 1. The van der Waals surface area contributed by atoms with Gasteiger partial charge in [0.05, 0.1) is 34.7 Å². The van der Waals surface area contributed by atoms with E-state index in [9.17, 15) is 9.59 Å². The van der Waals surface area contributed by atoms with Crippen molar-refractivity contribution in [2.45, 2.75) is 18.9 Å². The van der Waals surface area contributed by atoms with Gasteiger partial charge < -0.3 is 21.8 Å². The number of nitrogens with one attached hydrogen (secondary N) is 1. The highest BCUT2D eigenvalue weighted by molar-refractivity contribution is 6.46. The topological polar surface area (TPSA) is 144 Å². The summed E-state index contributed by atoms with van der Waals surface area (Å²) in [7, 11) is 1.60. The van der Waals surface area contributed by atoms with Crippen molar-refractivity contribution in [3.8, 4) is 5.69 Å². The Bertz CT molecular complexity index is 1400. The number of piperidine rings is 1. The second kappa shape index (κ2) is 11.3. The van der Waals surface area contributed by atoms with E-state index in [-0.39, 0.29) is 34.8 Å². The van der Waals surface area contributed by atoms with Crippen LogP contribution >= 0.6 is 0 Å². The van der Waals surface area contributed by atoms with Crippen molar-refractivity contribution < 1.29 is 9.59 Å². The van der Waals surface area contributed by atoms with Gasteiger partial charge in [-0.05, 0) is 48.7 Å². The number of carbonyl (C=O) groups excluding carboxylic acids is 2. The molecule has 5 N–H and O–H groups in total. The van der Waals surface area contributed by atoms with Crippen LogP contribution in [0.5, 0.6) is 0 Å². The lowest BCUT2D eigenvalue weighted by atomic mass is 10.00. The van der Waals surface area contributed by atoms with Gasteiger partial charge in [0.15, 0.2) is 12.1 Å². The van der Waals surface area contributed by atoms with Crippen LogP contribution in [0.3, 0.4) is 0 Å². The predicted octanol–water partition coefficient (Wildman–Crippen LogP) is 2.00. The summed E-state index contributed by atoms with van der Waals surface area (Å²) in [6, 6.07) is 15.2. The zero-order valence-corrected chi connectivity index (χ0v) is 20.7. The quantitative estimate of drug-likeness (QED) is 0.142. The molecule has 0 aliphatic carbocycles. The van der Waals surface area contributed by atoms with Crippen LogP contribution < -0.4 is 16.9 Å². The van der Waals surface area contributed by atoms with Crippen LogP contribution in [0.2, 0.25) is 0 Å². The first-order valence-corrected chi connectivity index (χ1v) is 11.9. The maximum Gasteiger partial charge on any atom is 0.246 e. The van der Waals surface area contributed by atoms with Crippen molar-refractivity contribution in [2.24, 2.45) is 21.6 Å². The fourth-order valence-electron chi connectivity index (χ4n) is 4.44. The highest BCUT2D eigenvalue weighted by Gasteiger charge is 2.24. The van der Waals surface area contributed by atoms with Crippen molar-refractivity contribution >= 4 is 40.3 Å². The number of aldehydes is 1. The van der Waals surface area contributed by atoms with E-state index in [1.807, 2.05) is 53.2 Å². The fourth-order valence-corrected chi connectivity index (χ4v) is 4.44. The van der Waals surface area contributed by atoms with Crippen molar-refractivity contribution in [1.29, 1.82) is 0 Å². The molecular formula is C27H30N8O2. The third-order valence-corrected chi connectivity index (χ3v) is 6.21. The van der Waals surface area contributed by atoms with E-state index in [0.29, 0.717) is 24.9 Å². The van der Waals surface area contributed by atoms with Crippen LogP contribution in [-0.2, 0) is 9.59 Å². The van der Waals surface area contributed by atoms with Gasteiger partial charge in [0, 0.05) is 25.5 Å². The number of rotatable bonds is 8. The summed E-state index contributed by atoms with van der Waals surface area (Å²) in [6.45, 7) is 4.56. The summed E-state index contributed by atoms with van der Waals surface area (Å²) >= 11 is 0. The van der Waals surface area contributed by atoms with E-state index in [2.05, 4.69) is 27.2 Å². The highest BCUT2D eigenvalue weighted by atomic mass is 16.2. The number of amidine groups is 1. The average molecular weight is 499 g/mol. The molecule has 0 spiro atoms. The van der Waals surface area contributed by atoms with Crippen LogP contribution in [0.15, 0.2) is 83.0 Å². The number of benzene rings is 2. The molecule has 1 saturated heterocycles. The fraction of sp³-hybridized carbons (Fsp3) is 0.222. The maximum atomic E-state index is 12.2. The number of hydrogen-bond acceptors (Lipinski definition) is 7. The molecule has 0 bridgehead atoms. The van der Waals surface area contributed by atoms with Gasteiger partial charge in [0.25, 0.3) is 0 Å². The second-order valence-corrected chi connectivity index (χ2v) is 8.59. The summed E-state index contributed by atoms with van der Waals surface area (Å²) in [6.07, 6.45) is 5.14. The number of likely N-dealkylation sites (tertiary alicyclic amines) is 1. The largest absolute Gasteiger partial charge is 0.398 e. The van der Waals surface area contributed by atoms with Crippen LogP contribution in [0.25, 0.3) is 22.3 Å². The van der Waals surface area contributed by atoms with E-state index in [4.69, 9.17) is 11.5 Å². The molecular weight excluding hydrogens is 468 g/mol. The number of amides is 1. The number of para-hydroxylation sites is 1. The number of nitrogens with two attached hydrogens (primary N) is 2. The van der Waals surface area contributed by atoms with Crippen molar-refractivity contribution in [2.75, 3.05) is 20.1 Å². The summed E-state index contributed by atoms with van der Waals surface area (Å²) in [5.74, 6) is -0.135. The molecule has 0 saturated carbocycles. The number of aromatic nitrogens is 2. The molecule has 2 aromatic carbocycles. The molecule has 0 radical (unpaired) electrons. The van der Waals surface area contributed by atoms with E-state index in [0.717, 1.165) is 29.4 Å². The monoisotopic (exact) mass is 498 g/mol. The van der Waals surface area contributed by atoms with Crippen LogP contribution in [0, 0.1) is 0 Å². The molecule has 10 nitrogen and oxygen atoms in total. The predicted molar refractivity (Wildman–Crippen MR) is 146 cm³/mol. The van der Waals surface area contributed by atoms with E-state index >= 15 is 0 Å². The van der Waals surface area contributed by atoms with Gasteiger partial charge >= 0.3 is 0 Å². The van der Waals surface area contributed by atoms with E-state index in [1.165, 1.54) is 6.08 Å². The number of nitrogens with zero attached hydrogens (tertiary/aromatic N) is 5. The molecule has 4 rings (SSSR count). The minimum atomic E-state index is -0.283. The van der Waals surface area contributed by atoms with Gasteiger partial charge in [-0.2, -0.15) is 10.2 Å². The molecule has 1 aliphatic heterocycles. The zero-order valence-electron chi connectivity index (χ0n) is 20.7. The molecule has 190 valence electrons. The summed E-state index contributed by atoms with van der Waals surface area (Å²) in [5.41, 5.74) is 18.5. The Labute approximate surface area is 215 Å². The Morgan fingerprint density at radius 3 is 2.70 bits per heavy atom. The zero-order chi connectivity index (χ0) is 26.4. The van der Waals surface area contributed by atoms with Gasteiger partial charge in [0.2, 0.25) is 5.91 Å². The standard InChI is InChI=1S/C27H30N8O2/c1-3-24(37)34-13-7-8-20(16-34)32-22(17-36)25(27(29)33-30-2)26(28)18-11-12-23-19(14-18)15-31-35(23)21-9-5-4-6-10-21/h3-6,9-12,14-15,17,20,30H,1,7-8,13,16,28H2,2H3,(H2,29,33). The summed E-state index contributed by atoms with van der Waals surface area (Å²) < 4.78 is 1.84. The molecule has 37 heavy (non-hydrogen) atoms. The van der Waals surface area contributed by atoms with Gasteiger partial charge in [0.1, 0.15) is 5.71 Å². The number of hydrogen-bond donors (Lipinski definition) is 3. The molecule has 1 aliphatic rings. The molecule has 1 aromatic heterocycles. The number of fused-ring (bicyclic) bond motifs is 1. The lowest BCUT2D eigenvalue weighted by molar-refractivity contribution is -0.127. The second-order valence-electron chi connectivity index (χ2n) is 8.59. The Morgan fingerprint density at radius 2 is 2.00 bits per heavy atom. The lowest BCUT2D eigenvalue weighted by Gasteiger charge is -2.30. The maximum absolute atomic E-state index is 12.2. The van der Waals surface area contributed by atoms with Crippen molar-refractivity contribution in [1.82, 2.24) is 20.1 Å². The molecule has 3 aromatic rings. The Balaban J connectivity index is 1.76. The normalized spacial score (nSPS) is 17.3. The first-order valence-electron chi connectivity index (χ1n) is 11.9. The summed E-state index contributed by atoms with van der Waals surface area (Å²) in [4.78, 5) is 30.7. The van der Waals surface area contributed by atoms with Gasteiger partial charge in [-0.3, -0.25) is 14.6 Å². The molecule has 1 fully saturated rings. The van der Waals surface area contributed by atoms with E-state index < -0.39 is 0 Å².